The molecule has 0 saturated carbocycles. The number of nitrogens with zero attached hydrogens (tertiary/aromatic N) is 2. The number of aromatic nitrogens is 2. The quantitative estimate of drug-likeness (QED) is 0.711. The number of benzene rings is 1. The van der Waals surface area contributed by atoms with Crippen LogP contribution < -0.4 is 11.1 Å². The molecule has 3 aromatic rings. The predicted octanol–water partition coefficient (Wildman–Crippen LogP) is 4.65. The summed E-state index contributed by atoms with van der Waals surface area (Å²) in [6.07, 6.45) is 0.981. The number of thiophene rings is 1. The molecular weight excluding hydrogens is 348 g/mol. The average molecular weight is 363 g/mol. The van der Waals surface area contributed by atoms with Crippen LogP contribution in [-0.2, 0) is 6.42 Å². The topological polar surface area (TPSA) is 63.8 Å². The van der Waals surface area contributed by atoms with Crippen molar-refractivity contribution in [1.82, 2.24) is 9.97 Å². The van der Waals surface area contributed by atoms with Crippen LogP contribution in [-0.4, -0.2) is 9.97 Å². The smallest absolute Gasteiger partial charge is 0.223 e. The molecule has 4 nitrogen and oxygen atoms in total. The van der Waals surface area contributed by atoms with Gasteiger partial charge in [-0.05, 0) is 53.0 Å². The van der Waals surface area contributed by atoms with E-state index in [2.05, 4.69) is 63.3 Å². The molecule has 6 heteroatoms. The van der Waals surface area contributed by atoms with Gasteiger partial charge in [0.2, 0.25) is 5.95 Å². The van der Waals surface area contributed by atoms with Crippen molar-refractivity contribution < 1.29 is 0 Å². The third kappa shape index (κ3) is 2.87. The van der Waals surface area contributed by atoms with Crippen molar-refractivity contribution in [2.45, 2.75) is 20.3 Å². The highest BCUT2D eigenvalue weighted by Gasteiger charge is 2.11. The van der Waals surface area contributed by atoms with E-state index in [-0.39, 0.29) is 5.95 Å². The van der Waals surface area contributed by atoms with E-state index in [0.717, 1.165) is 32.6 Å². The van der Waals surface area contributed by atoms with Gasteiger partial charge in [-0.2, -0.15) is 4.98 Å². The number of halogens is 1. The molecule has 3 rings (SSSR count). The van der Waals surface area contributed by atoms with Gasteiger partial charge < -0.3 is 11.1 Å². The minimum absolute atomic E-state index is 0.290. The van der Waals surface area contributed by atoms with Crippen molar-refractivity contribution in [3.8, 4) is 0 Å². The fourth-order valence-electron chi connectivity index (χ4n) is 2.11. The molecule has 21 heavy (non-hydrogen) atoms. The number of nitrogens with one attached hydrogen (secondary N) is 1. The third-order valence-electron chi connectivity index (χ3n) is 3.19. The Bertz CT molecular complexity index is 813. The summed E-state index contributed by atoms with van der Waals surface area (Å²) in [7, 11) is 0. The van der Waals surface area contributed by atoms with E-state index in [1.807, 2.05) is 6.07 Å². The molecule has 1 aromatic carbocycles. The van der Waals surface area contributed by atoms with Crippen molar-refractivity contribution in [1.29, 1.82) is 0 Å². The van der Waals surface area contributed by atoms with E-state index in [4.69, 9.17) is 5.73 Å². The zero-order valence-corrected chi connectivity index (χ0v) is 14.2. The fourth-order valence-corrected chi connectivity index (χ4v) is 3.67. The molecule has 0 spiro atoms. The Morgan fingerprint density at radius 3 is 2.81 bits per heavy atom. The lowest BCUT2D eigenvalue weighted by Gasteiger charge is -2.09. The molecule has 0 aliphatic rings. The largest absolute Gasteiger partial charge is 0.368 e. The molecule has 0 aliphatic heterocycles. The van der Waals surface area contributed by atoms with Crippen LogP contribution in [0.25, 0.3) is 10.2 Å². The van der Waals surface area contributed by atoms with Crippen molar-refractivity contribution in [3.05, 3.63) is 39.2 Å². The van der Waals surface area contributed by atoms with E-state index in [1.165, 1.54) is 10.4 Å². The first kappa shape index (κ1) is 14.3. The molecular formula is C15H15BrN4S. The van der Waals surface area contributed by atoms with Gasteiger partial charge in [0.05, 0.1) is 11.1 Å². The van der Waals surface area contributed by atoms with E-state index in [0.29, 0.717) is 0 Å². The summed E-state index contributed by atoms with van der Waals surface area (Å²) in [5.74, 6) is 1.04. The minimum atomic E-state index is 0.290. The van der Waals surface area contributed by atoms with Crippen LogP contribution in [0.5, 0.6) is 0 Å². The van der Waals surface area contributed by atoms with Gasteiger partial charge in [0.25, 0.3) is 0 Å². The van der Waals surface area contributed by atoms with Crippen molar-refractivity contribution >= 4 is 54.9 Å². The molecule has 2 aromatic heterocycles. The molecule has 2 heterocycles. The van der Waals surface area contributed by atoms with Gasteiger partial charge in [-0.3, -0.25) is 0 Å². The van der Waals surface area contributed by atoms with Gasteiger partial charge in [-0.15, -0.1) is 11.3 Å². The van der Waals surface area contributed by atoms with E-state index in [1.54, 1.807) is 11.3 Å². The zero-order valence-electron chi connectivity index (χ0n) is 11.8. The van der Waals surface area contributed by atoms with E-state index >= 15 is 0 Å². The lowest BCUT2D eigenvalue weighted by molar-refractivity contribution is 1.19. The minimum Gasteiger partial charge on any atom is -0.368 e. The molecule has 0 unspecified atom stereocenters. The summed E-state index contributed by atoms with van der Waals surface area (Å²) in [5.41, 5.74) is 7.98. The average Bonchev–Trinajstić information content (AvgIpc) is 2.85. The summed E-state index contributed by atoms with van der Waals surface area (Å²) in [6.45, 7) is 4.19. The molecule has 0 amide bonds. The first-order valence-electron chi connectivity index (χ1n) is 6.66. The van der Waals surface area contributed by atoms with E-state index in [9.17, 15) is 0 Å². The second-order valence-corrected chi connectivity index (χ2v) is 6.79. The Hall–Kier alpha value is -1.66. The maximum absolute atomic E-state index is 5.82. The number of anilines is 3. The number of hydrogen-bond acceptors (Lipinski definition) is 5. The molecule has 0 radical (unpaired) electrons. The SMILES string of the molecule is CCc1cc2c(Nc3ccc(C)cc3Br)nc(N)nc2s1. The van der Waals surface area contributed by atoms with Crippen LogP contribution in [0, 0.1) is 6.92 Å². The highest BCUT2D eigenvalue weighted by molar-refractivity contribution is 9.10. The summed E-state index contributed by atoms with van der Waals surface area (Å²) in [4.78, 5) is 10.9. The summed E-state index contributed by atoms with van der Waals surface area (Å²) in [6, 6.07) is 8.27. The Morgan fingerprint density at radius 2 is 2.10 bits per heavy atom. The van der Waals surface area contributed by atoms with Crippen LogP contribution in [0.1, 0.15) is 17.4 Å². The summed E-state index contributed by atoms with van der Waals surface area (Å²) >= 11 is 5.23. The normalized spacial score (nSPS) is 11.0. The van der Waals surface area contributed by atoms with Gasteiger partial charge in [0, 0.05) is 9.35 Å². The highest BCUT2D eigenvalue weighted by Crippen LogP contribution is 2.33. The second kappa shape index (κ2) is 5.61. The first-order chi connectivity index (χ1) is 10.1. The molecule has 3 N–H and O–H groups in total. The predicted molar refractivity (Wildman–Crippen MR) is 93.4 cm³/mol. The molecule has 108 valence electrons. The summed E-state index contributed by atoms with van der Waals surface area (Å²) in [5, 5.41) is 4.36. The molecule has 0 fully saturated rings. The maximum Gasteiger partial charge on any atom is 0.223 e. The van der Waals surface area contributed by atoms with Gasteiger partial charge in [0.15, 0.2) is 0 Å². The van der Waals surface area contributed by atoms with Crippen LogP contribution >= 0.6 is 27.3 Å². The first-order valence-corrected chi connectivity index (χ1v) is 8.27. The second-order valence-electron chi connectivity index (χ2n) is 4.82. The van der Waals surface area contributed by atoms with Gasteiger partial charge in [-0.25, -0.2) is 4.98 Å². The third-order valence-corrected chi connectivity index (χ3v) is 5.02. The maximum atomic E-state index is 5.82. The Morgan fingerprint density at radius 1 is 1.29 bits per heavy atom. The number of nitrogen functional groups attached to an aromatic ring is 1. The number of rotatable bonds is 3. The fraction of sp³-hybridized carbons (Fsp3) is 0.200. The van der Waals surface area contributed by atoms with Gasteiger partial charge >= 0.3 is 0 Å². The van der Waals surface area contributed by atoms with Crippen LogP contribution in [0.15, 0.2) is 28.7 Å². The lowest BCUT2D eigenvalue weighted by Crippen LogP contribution is -2.00. The van der Waals surface area contributed by atoms with Crippen LogP contribution in [0.3, 0.4) is 0 Å². The monoisotopic (exact) mass is 362 g/mol. The Labute approximate surface area is 135 Å². The number of fused-ring (bicyclic) bond motifs is 1. The van der Waals surface area contributed by atoms with E-state index < -0.39 is 0 Å². The molecule has 0 saturated heterocycles. The highest BCUT2D eigenvalue weighted by atomic mass is 79.9. The van der Waals surface area contributed by atoms with Crippen LogP contribution in [0.4, 0.5) is 17.5 Å². The number of hydrogen-bond donors (Lipinski definition) is 2. The van der Waals surface area contributed by atoms with Crippen molar-refractivity contribution in [2.24, 2.45) is 0 Å². The molecule has 0 bridgehead atoms. The summed E-state index contributed by atoms with van der Waals surface area (Å²) < 4.78 is 0.999. The number of nitrogens with two attached hydrogens (primary N) is 1. The standard InChI is InChI=1S/C15H15BrN4S/c1-3-9-7-10-13(19-15(17)20-14(10)21-9)18-12-5-4-8(2)6-11(12)16/h4-7H,3H2,1-2H3,(H3,17,18,19,20). The number of aryl methyl sites for hydroxylation is 2. The Balaban J connectivity index is 2.08. The van der Waals surface area contributed by atoms with Crippen LogP contribution in [0.2, 0.25) is 0 Å². The molecule has 0 aliphatic carbocycles. The zero-order chi connectivity index (χ0) is 15.0. The van der Waals surface area contributed by atoms with Crippen molar-refractivity contribution in [3.63, 3.8) is 0 Å². The van der Waals surface area contributed by atoms with Gasteiger partial charge in [0.1, 0.15) is 10.6 Å². The lowest BCUT2D eigenvalue weighted by atomic mass is 10.2. The Kier molecular flexibility index (Phi) is 3.82. The van der Waals surface area contributed by atoms with Crippen molar-refractivity contribution in [2.75, 3.05) is 11.1 Å². The molecule has 0 atom stereocenters. The van der Waals surface area contributed by atoms with Gasteiger partial charge in [-0.1, -0.05) is 13.0 Å².